The van der Waals surface area contributed by atoms with Crippen molar-refractivity contribution in [2.45, 2.75) is 31.6 Å². The summed E-state index contributed by atoms with van der Waals surface area (Å²) in [6.45, 7) is 8.79. The molecule has 0 unspecified atom stereocenters. The summed E-state index contributed by atoms with van der Waals surface area (Å²) in [5.41, 5.74) is 3.25. The molecular formula is C27H35N3O3S. The van der Waals surface area contributed by atoms with Crippen LogP contribution < -0.4 is 0 Å². The maximum Gasteiger partial charge on any atom is 0.243 e. The van der Waals surface area contributed by atoms with Crippen LogP contribution in [-0.4, -0.2) is 74.2 Å². The third kappa shape index (κ3) is 5.77. The predicted molar refractivity (Wildman–Crippen MR) is 136 cm³/mol. The Kier molecular flexibility index (Phi) is 7.86. The van der Waals surface area contributed by atoms with Gasteiger partial charge in [0.25, 0.3) is 0 Å². The fraction of sp³-hybridized carbons (Fsp3) is 0.444. The molecule has 0 spiro atoms. The van der Waals surface area contributed by atoms with Crippen molar-refractivity contribution in [2.75, 3.05) is 45.8 Å². The van der Waals surface area contributed by atoms with E-state index in [0.29, 0.717) is 30.8 Å². The van der Waals surface area contributed by atoms with Crippen molar-refractivity contribution in [1.82, 2.24) is 14.1 Å². The predicted octanol–water partition coefficient (Wildman–Crippen LogP) is 3.56. The molecule has 0 aliphatic carbocycles. The van der Waals surface area contributed by atoms with E-state index in [-0.39, 0.29) is 11.8 Å². The van der Waals surface area contributed by atoms with Gasteiger partial charge in [0.1, 0.15) is 0 Å². The molecule has 0 atom stereocenters. The van der Waals surface area contributed by atoms with E-state index in [1.54, 1.807) is 12.1 Å². The van der Waals surface area contributed by atoms with E-state index in [1.165, 1.54) is 9.87 Å². The minimum atomic E-state index is -3.52. The lowest BCUT2D eigenvalue weighted by atomic mass is 9.96. The lowest BCUT2D eigenvalue weighted by Crippen LogP contribution is -2.51. The van der Waals surface area contributed by atoms with Gasteiger partial charge in [-0.15, -0.1) is 0 Å². The highest BCUT2D eigenvalue weighted by Crippen LogP contribution is 2.26. The molecule has 2 heterocycles. The Labute approximate surface area is 203 Å². The molecule has 2 aromatic rings. The first-order chi connectivity index (χ1) is 16.3. The van der Waals surface area contributed by atoms with Gasteiger partial charge < -0.3 is 4.90 Å². The second-order valence-corrected chi connectivity index (χ2v) is 11.3. The van der Waals surface area contributed by atoms with Crippen LogP contribution in [0.3, 0.4) is 0 Å². The summed E-state index contributed by atoms with van der Waals surface area (Å²) in [6, 6.07) is 15.6. The maximum absolute atomic E-state index is 13.1. The molecule has 34 heavy (non-hydrogen) atoms. The SMILES string of the molecule is Cc1ccc(S(=O)(=O)N2CCC(C(=O)N3CCN(CC=Cc4ccccc4)CC3)CC2)cc1C. The third-order valence-electron chi connectivity index (χ3n) is 7.08. The Morgan fingerprint density at radius 1 is 0.912 bits per heavy atom. The fourth-order valence-corrected chi connectivity index (χ4v) is 6.23. The zero-order chi connectivity index (χ0) is 24.1. The number of carbonyl (C=O) groups excluding carboxylic acids is 1. The Balaban J connectivity index is 1.24. The van der Waals surface area contributed by atoms with Gasteiger partial charge in [0, 0.05) is 51.7 Å². The van der Waals surface area contributed by atoms with Gasteiger partial charge in [-0.2, -0.15) is 4.31 Å². The molecule has 2 aliphatic heterocycles. The van der Waals surface area contributed by atoms with Gasteiger partial charge in [-0.25, -0.2) is 8.42 Å². The van der Waals surface area contributed by atoms with Crippen LogP contribution in [0.25, 0.3) is 6.08 Å². The molecule has 2 saturated heterocycles. The van der Waals surface area contributed by atoms with Gasteiger partial charge >= 0.3 is 0 Å². The monoisotopic (exact) mass is 481 g/mol. The standard InChI is InChI=1S/C27H35N3O3S/c1-22-10-11-26(21-23(22)2)34(32,33)30-15-12-25(13-16-30)27(31)29-19-17-28(18-20-29)14-6-9-24-7-4-3-5-8-24/h3-11,21,25H,12-20H2,1-2H3. The summed E-state index contributed by atoms with van der Waals surface area (Å²) in [6.07, 6.45) is 5.49. The number of benzene rings is 2. The number of piperazine rings is 1. The third-order valence-corrected chi connectivity index (χ3v) is 8.97. The Morgan fingerprint density at radius 3 is 2.24 bits per heavy atom. The van der Waals surface area contributed by atoms with Crippen LogP contribution in [0.2, 0.25) is 0 Å². The summed E-state index contributed by atoms with van der Waals surface area (Å²) in [4.78, 5) is 17.8. The number of carbonyl (C=O) groups is 1. The summed E-state index contributed by atoms with van der Waals surface area (Å²) in [7, 11) is -3.52. The van der Waals surface area contributed by atoms with E-state index >= 15 is 0 Å². The highest BCUT2D eigenvalue weighted by Gasteiger charge is 2.34. The van der Waals surface area contributed by atoms with Crippen molar-refractivity contribution in [3.05, 3.63) is 71.3 Å². The molecule has 7 heteroatoms. The van der Waals surface area contributed by atoms with Gasteiger partial charge in [0.15, 0.2) is 0 Å². The first-order valence-corrected chi connectivity index (χ1v) is 13.6. The first-order valence-electron chi connectivity index (χ1n) is 12.1. The maximum atomic E-state index is 13.1. The van der Waals surface area contributed by atoms with Crippen LogP contribution in [0.5, 0.6) is 0 Å². The quantitative estimate of drug-likeness (QED) is 0.633. The summed E-state index contributed by atoms with van der Waals surface area (Å²) >= 11 is 0. The minimum Gasteiger partial charge on any atom is -0.340 e. The molecule has 6 nitrogen and oxygen atoms in total. The topological polar surface area (TPSA) is 60.9 Å². The highest BCUT2D eigenvalue weighted by atomic mass is 32.2. The van der Waals surface area contributed by atoms with E-state index in [1.807, 2.05) is 43.0 Å². The molecule has 182 valence electrons. The molecule has 0 bridgehead atoms. The van der Waals surface area contributed by atoms with E-state index in [2.05, 4.69) is 29.2 Å². The van der Waals surface area contributed by atoms with Crippen LogP contribution in [0.1, 0.15) is 29.5 Å². The summed E-state index contributed by atoms with van der Waals surface area (Å²) < 4.78 is 27.7. The van der Waals surface area contributed by atoms with Crippen molar-refractivity contribution in [2.24, 2.45) is 5.92 Å². The smallest absolute Gasteiger partial charge is 0.243 e. The average molecular weight is 482 g/mol. The van der Waals surface area contributed by atoms with E-state index < -0.39 is 10.0 Å². The van der Waals surface area contributed by atoms with Crippen LogP contribution in [0, 0.1) is 19.8 Å². The lowest BCUT2D eigenvalue weighted by Gasteiger charge is -2.38. The highest BCUT2D eigenvalue weighted by molar-refractivity contribution is 7.89. The number of hydrogen-bond acceptors (Lipinski definition) is 4. The van der Waals surface area contributed by atoms with E-state index in [4.69, 9.17) is 0 Å². The van der Waals surface area contributed by atoms with Crippen LogP contribution in [0.15, 0.2) is 59.5 Å². The van der Waals surface area contributed by atoms with Gasteiger partial charge in [-0.3, -0.25) is 9.69 Å². The van der Waals surface area contributed by atoms with Crippen molar-refractivity contribution in [3.8, 4) is 0 Å². The number of amides is 1. The van der Waals surface area contributed by atoms with E-state index in [9.17, 15) is 13.2 Å². The van der Waals surface area contributed by atoms with E-state index in [0.717, 1.165) is 43.9 Å². The van der Waals surface area contributed by atoms with Crippen LogP contribution in [0.4, 0.5) is 0 Å². The zero-order valence-electron chi connectivity index (χ0n) is 20.2. The van der Waals surface area contributed by atoms with Gasteiger partial charge in [0.05, 0.1) is 4.90 Å². The lowest BCUT2D eigenvalue weighted by molar-refractivity contribution is -0.138. The molecule has 4 rings (SSSR count). The zero-order valence-corrected chi connectivity index (χ0v) is 21.0. The largest absolute Gasteiger partial charge is 0.340 e. The number of hydrogen-bond donors (Lipinski definition) is 0. The number of rotatable bonds is 6. The number of nitrogens with zero attached hydrogens (tertiary/aromatic N) is 3. The molecule has 0 saturated carbocycles. The summed E-state index contributed by atoms with van der Waals surface area (Å²) in [5.74, 6) is 0.0958. The van der Waals surface area contributed by atoms with Crippen LogP contribution >= 0.6 is 0 Å². The Bertz CT molecular complexity index is 1120. The molecule has 2 aromatic carbocycles. The first kappa shape index (κ1) is 24.6. The van der Waals surface area contributed by atoms with Crippen molar-refractivity contribution >= 4 is 22.0 Å². The van der Waals surface area contributed by atoms with Gasteiger partial charge in [-0.1, -0.05) is 48.6 Å². The van der Waals surface area contributed by atoms with Crippen molar-refractivity contribution < 1.29 is 13.2 Å². The molecule has 0 aromatic heterocycles. The normalized spacial score (nSPS) is 19.1. The minimum absolute atomic E-state index is 0.0873. The number of piperidine rings is 1. The molecular weight excluding hydrogens is 446 g/mol. The molecule has 1 amide bonds. The Hall–Kier alpha value is -2.48. The van der Waals surface area contributed by atoms with Gasteiger partial charge in [0.2, 0.25) is 15.9 Å². The van der Waals surface area contributed by atoms with Crippen molar-refractivity contribution in [3.63, 3.8) is 0 Å². The second-order valence-electron chi connectivity index (χ2n) is 9.36. The molecule has 2 aliphatic rings. The molecule has 0 N–H and O–H groups in total. The van der Waals surface area contributed by atoms with Crippen molar-refractivity contribution in [1.29, 1.82) is 0 Å². The average Bonchev–Trinajstić information content (AvgIpc) is 2.86. The number of sulfonamides is 1. The van der Waals surface area contributed by atoms with Gasteiger partial charge in [-0.05, 0) is 55.5 Å². The van der Waals surface area contributed by atoms with Crippen LogP contribution in [-0.2, 0) is 14.8 Å². The number of aryl methyl sites for hydroxylation is 2. The summed E-state index contributed by atoms with van der Waals surface area (Å²) in [5, 5.41) is 0. The molecule has 0 radical (unpaired) electrons. The Morgan fingerprint density at radius 2 is 1.59 bits per heavy atom. The second kappa shape index (κ2) is 10.8. The molecule has 2 fully saturated rings. The fourth-order valence-electron chi connectivity index (χ4n) is 4.68.